The van der Waals surface area contributed by atoms with Crippen LogP contribution in [0.25, 0.3) is 34.3 Å². The quantitative estimate of drug-likeness (QED) is 0.111. The Morgan fingerprint density at radius 2 is 1.49 bits per heavy atom. The van der Waals surface area contributed by atoms with E-state index in [0.717, 1.165) is 32.7 Å². The van der Waals surface area contributed by atoms with Crippen molar-refractivity contribution < 1.29 is 14.3 Å². The molecule has 1 aliphatic rings. The highest BCUT2D eigenvalue weighted by molar-refractivity contribution is 9.10. The van der Waals surface area contributed by atoms with Gasteiger partial charge in [-0.05, 0) is 78.8 Å². The summed E-state index contributed by atoms with van der Waals surface area (Å²) in [6.45, 7) is 2.37. The van der Waals surface area contributed by atoms with Gasteiger partial charge in [0.05, 0.1) is 23.7 Å². The van der Waals surface area contributed by atoms with E-state index >= 15 is 0 Å². The predicted octanol–water partition coefficient (Wildman–Crippen LogP) is 7.80. The van der Waals surface area contributed by atoms with Gasteiger partial charge in [0.2, 0.25) is 0 Å². The number of hydrogen-bond donors (Lipinski definition) is 1. The molecule has 8 heteroatoms. The Labute approximate surface area is 263 Å². The molecule has 2 amide bonds. The van der Waals surface area contributed by atoms with Crippen molar-refractivity contribution in [3.8, 4) is 34.0 Å². The summed E-state index contributed by atoms with van der Waals surface area (Å²) in [6.07, 6.45) is 1.66. The Balaban J connectivity index is 1.56. The first-order valence-corrected chi connectivity index (χ1v) is 14.9. The first kappa shape index (κ1) is 28.3. The molecular formula is C35H26BrN3O3S. The monoisotopic (exact) mass is 647 g/mol. The Morgan fingerprint density at radius 3 is 2.16 bits per heavy atom. The van der Waals surface area contributed by atoms with Gasteiger partial charge < -0.3 is 9.30 Å². The number of aromatic nitrogens is 1. The number of nitrogens with zero attached hydrogens (tertiary/aromatic N) is 2. The van der Waals surface area contributed by atoms with E-state index in [1.54, 1.807) is 24.3 Å². The molecule has 0 radical (unpaired) electrons. The third-order valence-electron chi connectivity index (χ3n) is 7.02. The topological polar surface area (TPSA) is 63.6 Å². The number of benzene rings is 4. The number of hydrogen-bond acceptors (Lipinski definition) is 4. The number of rotatable bonds is 7. The summed E-state index contributed by atoms with van der Waals surface area (Å²) in [5, 5.41) is 2.72. The zero-order valence-corrected chi connectivity index (χ0v) is 25.6. The molecule has 2 heterocycles. The van der Waals surface area contributed by atoms with Gasteiger partial charge in [0.1, 0.15) is 11.3 Å². The van der Waals surface area contributed by atoms with E-state index in [-0.39, 0.29) is 10.7 Å². The maximum Gasteiger partial charge on any atom is 0.270 e. The maximum atomic E-state index is 14.0. The van der Waals surface area contributed by atoms with Crippen LogP contribution in [0.2, 0.25) is 0 Å². The molecule has 0 bridgehead atoms. The fourth-order valence-corrected chi connectivity index (χ4v) is 5.68. The van der Waals surface area contributed by atoms with E-state index in [1.165, 1.54) is 4.90 Å². The predicted molar refractivity (Wildman–Crippen MR) is 178 cm³/mol. The number of halogens is 1. The molecule has 43 heavy (non-hydrogen) atoms. The molecule has 0 spiro atoms. The van der Waals surface area contributed by atoms with E-state index in [2.05, 4.69) is 25.8 Å². The van der Waals surface area contributed by atoms with Crippen LogP contribution in [0, 0.1) is 0 Å². The number of ether oxygens (including phenoxy) is 1. The van der Waals surface area contributed by atoms with Crippen molar-refractivity contribution in [2.75, 3.05) is 11.5 Å². The van der Waals surface area contributed by atoms with Gasteiger partial charge in [0.25, 0.3) is 11.8 Å². The summed E-state index contributed by atoms with van der Waals surface area (Å²) in [7, 11) is 0. The lowest BCUT2D eigenvalue weighted by Gasteiger charge is -2.29. The van der Waals surface area contributed by atoms with Crippen LogP contribution in [-0.4, -0.2) is 28.1 Å². The minimum absolute atomic E-state index is 0.0153. The molecule has 5 aromatic rings. The average molecular weight is 649 g/mol. The SMILES string of the molecule is CCOc1cccc(N2C(=O)/C(=C\c3cc(-c4ccccc4)n(-c4ccc(Br)cc4)c3-c3ccccc3)C(=O)NC2=S)c1. The second-order valence-corrected chi connectivity index (χ2v) is 11.1. The van der Waals surface area contributed by atoms with Crippen LogP contribution in [0.15, 0.2) is 125 Å². The van der Waals surface area contributed by atoms with E-state index in [1.807, 2.05) is 104 Å². The van der Waals surface area contributed by atoms with Crippen molar-refractivity contribution >= 4 is 56.8 Å². The van der Waals surface area contributed by atoms with Gasteiger partial charge >= 0.3 is 0 Å². The van der Waals surface area contributed by atoms with Crippen LogP contribution in [0.5, 0.6) is 5.75 Å². The molecule has 0 saturated carbocycles. The summed E-state index contributed by atoms with van der Waals surface area (Å²) in [4.78, 5) is 28.7. The summed E-state index contributed by atoms with van der Waals surface area (Å²) in [5.41, 5.74) is 5.79. The molecular weight excluding hydrogens is 622 g/mol. The average Bonchev–Trinajstić information content (AvgIpc) is 3.40. The van der Waals surface area contributed by atoms with Crippen LogP contribution >= 0.6 is 28.1 Å². The summed E-state index contributed by atoms with van der Waals surface area (Å²) in [5.74, 6) is -0.466. The Hall–Kier alpha value is -4.79. The smallest absolute Gasteiger partial charge is 0.270 e. The summed E-state index contributed by atoms with van der Waals surface area (Å²) < 4.78 is 8.75. The number of thiocarbonyl (C=S) groups is 1. The van der Waals surface area contributed by atoms with Gasteiger partial charge in [0, 0.05) is 21.8 Å². The molecule has 1 saturated heterocycles. The molecule has 1 aromatic heterocycles. The molecule has 6 rings (SSSR count). The van der Waals surface area contributed by atoms with Gasteiger partial charge in [-0.3, -0.25) is 19.8 Å². The van der Waals surface area contributed by atoms with Crippen LogP contribution in [0.4, 0.5) is 5.69 Å². The lowest BCUT2D eigenvalue weighted by molar-refractivity contribution is -0.122. The Bertz CT molecular complexity index is 1870. The second-order valence-electron chi connectivity index (χ2n) is 9.77. The van der Waals surface area contributed by atoms with Crippen LogP contribution in [0.3, 0.4) is 0 Å². The highest BCUT2D eigenvalue weighted by atomic mass is 79.9. The second kappa shape index (κ2) is 12.2. The fourth-order valence-electron chi connectivity index (χ4n) is 5.14. The summed E-state index contributed by atoms with van der Waals surface area (Å²) in [6, 6.07) is 37.1. The number of anilines is 1. The molecule has 1 N–H and O–H groups in total. The van der Waals surface area contributed by atoms with Crippen LogP contribution in [-0.2, 0) is 9.59 Å². The highest BCUT2D eigenvalue weighted by Gasteiger charge is 2.35. The molecule has 0 unspecified atom stereocenters. The normalized spacial score (nSPS) is 14.2. The molecule has 6 nitrogen and oxygen atoms in total. The van der Waals surface area contributed by atoms with E-state index in [0.29, 0.717) is 23.6 Å². The van der Waals surface area contributed by atoms with Gasteiger partial charge in [-0.15, -0.1) is 0 Å². The fraction of sp³-hybridized carbons (Fsp3) is 0.0571. The lowest BCUT2D eigenvalue weighted by atomic mass is 10.0. The third kappa shape index (κ3) is 5.67. The number of carbonyl (C=O) groups excluding carboxylic acids is 2. The molecule has 1 fully saturated rings. The molecule has 0 atom stereocenters. The number of carbonyl (C=O) groups is 2. The summed E-state index contributed by atoms with van der Waals surface area (Å²) >= 11 is 9.00. The van der Waals surface area contributed by atoms with Gasteiger partial charge in [-0.25, -0.2) is 0 Å². The van der Waals surface area contributed by atoms with E-state index in [9.17, 15) is 9.59 Å². The standard InChI is InChI=1S/C35H26BrN3O3S/c1-2-42-29-15-9-14-28(22-29)39-34(41)30(33(40)37-35(39)43)20-25-21-31(23-10-5-3-6-11-23)38(27-18-16-26(36)17-19-27)32(25)24-12-7-4-8-13-24/h3-22H,2H2,1H3,(H,37,40,43)/b30-20-. The zero-order valence-electron chi connectivity index (χ0n) is 23.2. The number of nitrogens with one attached hydrogen (secondary N) is 1. The van der Waals surface area contributed by atoms with Crippen LogP contribution in [0.1, 0.15) is 12.5 Å². The van der Waals surface area contributed by atoms with Crippen LogP contribution < -0.4 is 15.0 Å². The highest BCUT2D eigenvalue weighted by Crippen LogP contribution is 2.38. The van der Waals surface area contributed by atoms with E-state index < -0.39 is 11.8 Å². The maximum absolute atomic E-state index is 14.0. The first-order chi connectivity index (χ1) is 20.9. The van der Waals surface area contributed by atoms with Crippen molar-refractivity contribution in [2.24, 2.45) is 0 Å². The van der Waals surface area contributed by atoms with Crippen molar-refractivity contribution in [1.82, 2.24) is 9.88 Å². The van der Waals surface area contributed by atoms with Gasteiger partial charge in [-0.1, -0.05) is 82.7 Å². The lowest BCUT2D eigenvalue weighted by Crippen LogP contribution is -2.54. The van der Waals surface area contributed by atoms with Crippen molar-refractivity contribution in [1.29, 1.82) is 0 Å². The minimum Gasteiger partial charge on any atom is -0.494 e. The number of amides is 2. The zero-order chi connectivity index (χ0) is 29.9. The largest absolute Gasteiger partial charge is 0.494 e. The molecule has 1 aliphatic heterocycles. The van der Waals surface area contributed by atoms with Crippen molar-refractivity contribution in [3.05, 3.63) is 131 Å². The van der Waals surface area contributed by atoms with Gasteiger partial charge in [-0.2, -0.15) is 0 Å². The minimum atomic E-state index is -0.552. The first-order valence-electron chi connectivity index (χ1n) is 13.7. The molecule has 212 valence electrons. The Kier molecular flexibility index (Phi) is 8.05. The van der Waals surface area contributed by atoms with Crippen molar-refractivity contribution in [3.63, 3.8) is 0 Å². The van der Waals surface area contributed by atoms with E-state index in [4.69, 9.17) is 17.0 Å². The Morgan fingerprint density at radius 1 is 0.814 bits per heavy atom. The van der Waals surface area contributed by atoms with Gasteiger partial charge in [0.15, 0.2) is 5.11 Å². The molecule has 4 aromatic carbocycles. The van der Waals surface area contributed by atoms with Crippen molar-refractivity contribution in [2.45, 2.75) is 6.92 Å². The third-order valence-corrected chi connectivity index (χ3v) is 7.83. The molecule has 0 aliphatic carbocycles.